The summed E-state index contributed by atoms with van der Waals surface area (Å²) in [6.45, 7) is 9.29. The van der Waals surface area contributed by atoms with Crippen molar-refractivity contribution in [2.24, 2.45) is 0 Å². The van der Waals surface area contributed by atoms with Gasteiger partial charge in [-0.05, 0) is 26.7 Å². The molecule has 0 saturated heterocycles. The first-order valence-electron chi connectivity index (χ1n) is 7.69. The summed E-state index contributed by atoms with van der Waals surface area (Å²) < 4.78 is 17.5. The molecule has 0 aromatic heterocycles. The fourth-order valence-corrected chi connectivity index (χ4v) is 4.42. The van der Waals surface area contributed by atoms with Gasteiger partial charge in [0.25, 0.3) is 0 Å². The minimum absolute atomic E-state index is 0.292. The van der Waals surface area contributed by atoms with E-state index < -0.39 is 8.80 Å². The lowest BCUT2D eigenvalue weighted by Crippen LogP contribution is -2.50. The number of unbranched alkanes of at least 4 members (excludes halogenated alkanes) is 1. The Hall–Kier alpha value is 0.0169. The van der Waals surface area contributed by atoms with Gasteiger partial charge in [0.15, 0.2) is 0 Å². The van der Waals surface area contributed by atoms with Crippen LogP contribution in [0.1, 0.15) is 33.1 Å². The lowest BCUT2D eigenvalue weighted by atomic mass is 10.2. The summed E-state index contributed by atoms with van der Waals surface area (Å²) in [7, 11) is 2.58. The lowest BCUT2D eigenvalue weighted by Gasteiger charge is -2.37. The molecule has 0 aromatic rings. The molecule has 6 heteroatoms. The molecule has 20 heavy (non-hydrogen) atoms. The van der Waals surface area contributed by atoms with Gasteiger partial charge in [-0.1, -0.05) is 0 Å². The molecule has 0 aliphatic rings. The number of nitrogens with zero attached hydrogens (tertiary/aromatic N) is 1. The van der Waals surface area contributed by atoms with Gasteiger partial charge >= 0.3 is 8.80 Å². The standard InChI is InChI=1S/C14H34NO4Si/c1-6-15(7-2,11-8-9-13-16)12-10-14-20(17-3,18-4)19-5/h16H,6-14H2,1-5H3/q+1. The molecule has 0 amide bonds. The van der Waals surface area contributed by atoms with Crippen molar-refractivity contribution in [2.45, 2.75) is 39.2 Å². The zero-order valence-electron chi connectivity index (χ0n) is 14.0. The summed E-state index contributed by atoms with van der Waals surface area (Å²) in [4.78, 5) is 0. The smallest absolute Gasteiger partial charge is 0.396 e. The fraction of sp³-hybridized carbons (Fsp3) is 1.00. The zero-order valence-corrected chi connectivity index (χ0v) is 15.0. The van der Waals surface area contributed by atoms with E-state index in [9.17, 15) is 0 Å². The van der Waals surface area contributed by atoms with Crippen LogP contribution in [0.3, 0.4) is 0 Å². The maximum atomic E-state index is 8.94. The number of rotatable bonds is 13. The molecule has 0 unspecified atom stereocenters. The third-order valence-corrected chi connectivity index (χ3v) is 7.26. The summed E-state index contributed by atoms with van der Waals surface area (Å²) >= 11 is 0. The quantitative estimate of drug-likeness (QED) is 0.321. The number of hydrogen-bond acceptors (Lipinski definition) is 4. The Bertz CT molecular complexity index is 225. The van der Waals surface area contributed by atoms with E-state index >= 15 is 0 Å². The fourth-order valence-electron chi connectivity index (χ4n) is 2.71. The molecule has 122 valence electrons. The molecule has 0 saturated carbocycles. The normalized spacial score (nSPS) is 12.9. The summed E-state index contributed by atoms with van der Waals surface area (Å²) in [5, 5.41) is 8.94. The average Bonchev–Trinajstić information content (AvgIpc) is 2.51. The Kier molecular flexibility index (Phi) is 10.7. The van der Waals surface area contributed by atoms with Gasteiger partial charge in [0.1, 0.15) is 0 Å². The average molecular weight is 309 g/mol. The molecule has 0 aromatic carbocycles. The first-order valence-corrected chi connectivity index (χ1v) is 9.62. The van der Waals surface area contributed by atoms with Gasteiger partial charge in [0.2, 0.25) is 0 Å². The van der Waals surface area contributed by atoms with Crippen LogP contribution >= 0.6 is 0 Å². The molecule has 0 bridgehead atoms. The van der Waals surface area contributed by atoms with Crippen LogP contribution in [-0.4, -0.2) is 72.5 Å². The highest BCUT2D eigenvalue weighted by Gasteiger charge is 2.38. The molecular weight excluding hydrogens is 274 g/mol. The first kappa shape index (κ1) is 20.0. The van der Waals surface area contributed by atoms with Gasteiger partial charge in [-0.15, -0.1) is 0 Å². The van der Waals surface area contributed by atoms with Crippen LogP contribution in [0.2, 0.25) is 6.04 Å². The van der Waals surface area contributed by atoms with Crippen molar-refractivity contribution in [1.29, 1.82) is 0 Å². The van der Waals surface area contributed by atoms with Crippen molar-refractivity contribution < 1.29 is 22.9 Å². The second-order valence-electron chi connectivity index (χ2n) is 5.25. The molecule has 0 radical (unpaired) electrons. The Morgan fingerprint density at radius 3 is 1.75 bits per heavy atom. The van der Waals surface area contributed by atoms with Gasteiger partial charge in [0, 0.05) is 40.4 Å². The SMILES string of the molecule is CC[N+](CC)(CCCCO)CCC[Si](OC)(OC)OC. The third-order valence-electron chi connectivity index (χ3n) is 4.43. The van der Waals surface area contributed by atoms with E-state index in [1.165, 1.54) is 0 Å². The Morgan fingerprint density at radius 1 is 0.850 bits per heavy atom. The maximum absolute atomic E-state index is 8.94. The minimum Gasteiger partial charge on any atom is -0.396 e. The van der Waals surface area contributed by atoms with Crippen molar-refractivity contribution >= 4 is 8.80 Å². The predicted molar refractivity (Wildman–Crippen MR) is 83.6 cm³/mol. The number of hydrogen-bond donors (Lipinski definition) is 1. The zero-order chi connectivity index (χ0) is 15.5. The molecule has 0 fully saturated rings. The molecule has 0 spiro atoms. The van der Waals surface area contributed by atoms with E-state index in [0.29, 0.717) is 6.61 Å². The molecule has 0 heterocycles. The van der Waals surface area contributed by atoms with E-state index in [-0.39, 0.29) is 0 Å². The predicted octanol–water partition coefficient (Wildman–Crippen LogP) is 1.88. The summed E-state index contributed by atoms with van der Waals surface area (Å²) in [5.41, 5.74) is 0. The molecule has 0 aliphatic carbocycles. The Balaban J connectivity index is 4.39. The topological polar surface area (TPSA) is 47.9 Å². The van der Waals surface area contributed by atoms with E-state index in [2.05, 4.69) is 13.8 Å². The molecule has 0 atom stereocenters. The second-order valence-corrected chi connectivity index (χ2v) is 8.34. The number of aliphatic hydroxyl groups is 1. The third kappa shape index (κ3) is 6.20. The van der Waals surface area contributed by atoms with Gasteiger partial charge in [-0.2, -0.15) is 0 Å². The second kappa shape index (κ2) is 10.7. The summed E-state index contributed by atoms with van der Waals surface area (Å²) in [6.07, 6.45) is 3.02. The summed E-state index contributed by atoms with van der Waals surface area (Å²) in [6, 6.07) is 0.858. The van der Waals surface area contributed by atoms with Crippen LogP contribution in [0.15, 0.2) is 0 Å². The highest BCUT2D eigenvalue weighted by Crippen LogP contribution is 2.18. The van der Waals surface area contributed by atoms with Crippen LogP contribution in [0.25, 0.3) is 0 Å². The summed E-state index contributed by atoms with van der Waals surface area (Å²) in [5.74, 6) is 0. The molecule has 0 aliphatic heterocycles. The van der Waals surface area contributed by atoms with Crippen LogP contribution < -0.4 is 0 Å². The molecule has 0 rings (SSSR count). The highest BCUT2D eigenvalue weighted by molar-refractivity contribution is 6.60. The van der Waals surface area contributed by atoms with Gasteiger partial charge in [0.05, 0.1) is 26.2 Å². The Morgan fingerprint density at radius 2 is 1.35 bits per heavy atom. The lowest BCUT2D eigenvalue weighted by molar-refractivity contribution is -0.925. The Labute approximate surface area is 125 Å². The molecule has 1 N–H and O–H groups in total. The number of quaternary nitrogens is 1. The van der Waals surface area contributed by atoms with E-state index in [1.54, 1.807) is 21.3 Å². The molecule has 5 nitrogen and oxygen atoms in total. The maximum Gasteiger partial charge on any atom is 0.500 e. The van der Waals surface area contributed by atoms with Crippen LogP contribution in [0.4, 0.5) is 0 Å². The van der Waals surface area contributed by atoms with E-state index in [4.69, 9.17) is 18.4 Å². The molecular formula is C14H34NO4Si+. The van der Waals surface area contributed by atoms with Crippen LogP contribution in [0.5, 0.6) is 0 Å². The van der Waals surface area contributed by atoms with Gasteiger partial charge < -0.3 is 22.9 Å². The first-order chi connectivity index (χ1) is 9.57. The van der Waals surface area contributed by atoms with Crippen molar-refractivity contribution in [3.63, 3.8) is 0 Å². The van der Waals surface area contributed by atoms with Crippen LogP contribution in [-0.2, 0) is 13.3 Å². The number of aliphatic hydroxyl groups excluding tert-OH is 1. The van der Waals surface area contributed by atoms with Crippen molar-refractivity contribution in [3.8, 4) is 0 Å². The van der Waals surface area contributed by atoms with Crippen molar-refractivity contribution in [2.75, 3.05) is 54.1 Å². The van der Waals surface area contributed by atoms with Crippen molar-refractivity contribution in [1.82, 2.24) is 0 Å². The van der Waals surface area contributed by atoms with Gasteiger partial charge in [-0.3, -0.25) is 0 Å². The van der Waals surface area contributed by atoms with Gasteiger partial charge in [-0.25, -0.2) is 0 Å². The minimum atomic E-state index is -2.43. The van der Waals surface area contributed by atoms with E-state index in [1.807, 2.05) is 0 Å². The van der Waals surface area contributed by atoms with E-state index in [0.717, 1.165) is 56.0 Å². The van der Waals surface area contributed by atoms with Crippen molar-refractivity contribution in [3.05, 3.63) is 0 Å². The highest BCUT2D eigenvalue weighted by atomic mass is 28.4. The monoisotopic (exact) mass is 308 g/mol. The largest absolute Gasteiger partial charge is 0.500 e. The van der Waals surface area contributed by atoms with Crippen LogP contribution in [0, 0.1) is 0 Å².